The quantitative estimate of drug-likeness (QED) is 0.723. The molecular weight excluding hydrogens is 217 g/mol. The highest BCUT2D eigenvalue weighted by Gasteiger charge is 2.30. The van der Waals surface area contributed by atoms with Crippen molar-refractivity contribution >= 4 is 17.7 Å². The summed E-state index contributed by atoms with van der Waals surface area (Å²) < 4.78 is 12.7. The second kappa shape index (κ2) is 4.20. The van der Waals surface area contributed by atoms with Gasteiger partial charge < -0.3 is 15.2 Å². The molecule has 1 saturated heterocycles. The highest BCUT2D eigenvalue weighted by atomic mass is 32.2. The van der Waals surface area contributed by atoms with E-state index < -0.39 is 12.0 Å². The Balaban J connectivity index is 2.07. The van der Waals surface area contributed by atoms with Gasteiger partial charge in [-0.25, -0.2) is 4.39 Å². The van der Waals surface area contributed by atoms with Crippen LogP contribution in [-0.2, 0) is 4.79 Å². The third kappa shape index (κ3) is 2.30. The van der Waals surface area contributed by atoms with Crippen LogP contribution < -0.4 is 10.4 Å². The molecule has 2 rings (SSSR count). The summed E-state index contributed by atoms with van der Waals surface area (Å²) in [5.74, 6) is -0.782. The number of aliphatic carboxylic acids is 1. The number of nitrogens with two attached hydrogens (primary N) is 1. The summed E-state index contributed by atoms with van der Waals surface area (Å²) >= 11 is 1.54. The van der Waals surface area contributed by atoms with E-state index in [0.29, 0.717) is 5.75 Å². The van der Waals surface area contributed by atoms with Gasteiger partial charge in [0, 0.05) is 5.56 Å². The molecule has 2 atom stereocenters. The standard InChI is InChI=1S/C10H10FNO2S/c11-7-3-1-6(2-4-7)9-12-8(5-15-9)10(13)14/h1-4,8-9,12H,5H2,(H,13,14)/t8-,9-/m1/s1. The molecule has 0 unspecified atom stereocenters. The lowest BCUT2D eigenvalue weighted by Crippen LogP contribution is -2.90. The van der Waals surface area contributed by atoms with Crippen LogP contribution in [0.3, 0.4) is 0 Å². The van der Waals surface area contributed by atoms with Gasteiger partial charge in [0.2, 0.25) is 0 Å². The second-order valence-corrected chi connectivity index (χ2v) is 4.60. The lowest BCUT2D eigenvalue weighted by molar-refractivity contribution is -0.690. The summed E-state index contributed by atoms with van der Waals surface area (Å²) in [6.45, 7) is 0. The van der Waals surface area contributed by atoms with Gasteiger partial charge in [-0.3, -0.25) is 0 Å². The third-order valence-corrected chi connectivity index (χ3v) is 3.70. The zero-order valence-electron chi connectivity index (χ0n) is 7.85. The lowest BCUT2D eigenvalue weighted by Gasteiger charge is -2.10. The summed E-state index contributed by atoms with van der Waals surface area (Å²) in [5.41, 5.74) is 0.935. The maximum atomic E-state index is 12.7. The maximum Gasteiger partial charge on any atom is 0.159 e. The van der Waals surface area contributed by atoms with Crippen molar-refractivity contribution in [1.82, 2.24) is 0 Å². The molecule has 0 amide bonds. The Labute approximate surface area is 90.7 Å². The van der Waals surface area contributed by atoms with Gasteiger partial charge in [-0.05, 0) is 24.3 Å². The Morgan fingerprint density at radius 2 is 2.13 bits per heavy atom. The normalized spacial score (nSPS) is 25.4. The molecule has 0 saturated carbocycles. The second-order valence-electron chi connectivity index (χ2n) is 3.42. The number of hydrogen-bond acceptors (Lipinski definition) is 3. The fraction of sp³-hybridized carbons (Fsp3) is 0.300. The number of rotatable bonds is 2. The summed E-state index contributed by atoms with van der Waals surface area (Å²) in [5, 5.41) is 12.4. The summed E-state index contributed by atoms with van der Waals surface area (Å²) in [7, 11) is 0. The first-order valence-corrected chi connectivity index (χ1v) is 5.64. The van der Waals surface area contributed by atoms with E-state index in [9.17, 15) is 14.3 Å². The molecule has 15 heavy (non-hydrogen) atoms. The zero-order chi connectivity index (χ0) is 10.8. The van der Waals surface area contributed by atoms with Crippen LogP contribution in [0.1, 0.15) is 10.9 Å². The molecule has 1 heterocycles. The van der Waals surface area contributed by atoms with E-state index in [-0.39, 0.29) is 11.2 Å². The summed E-state index contributed by atoms with van der Waals surface area (Å²) in [6.07, 6.45) is 0. The third-order valence-electron chi connectivity index (χ3n) is 2.36. The van der Waals surface area contributed by atoms with Crippen molar-refractivity contribution in [3.05, 3.63) is 35.6 Å². The molecule has 5 heteroatoms. The average Bonchev–Trinajstić information content (AvgIpc) is 2.68. The minimum Gasteiger partial charge on any atom is -0.544 e. The van der Waals surface area contributed by atoms with Crippen molar-refractivity contribution in [3.63, 3.8) is 0 Å². The Hall–Kier alpha value is -1.07. The number of carbonyl (C=O) groups is 1. The predicted octanol–water partition coefficient (Wildman–Crippen LogP) is -0.747. The molecule has 0 radical (unpaired) electrons. The fourth-order valence-corrected chi connectivity index (χ4v) is 2.85. The largest absolute Gasteiger partial charge is 0.544 e. The van der Waals surface area contributed by atoms with Crippen LogP contribution in [-0.4, -0.2) is 17.8 Å². The number of carboxylic acid groups (broad SMARTS) is 1. The van der Waals surface area contributed by atoms with Gasteiger partial charge in [-0.1, -0.05) is 11.8 Å². The van der Waals surface area contributed by atoms with Crippen LogP contribution in [0.2, 0.25) is 0 Å². The first-order valence-electron chi connectivity index (χ1n) is 4.60. The topological polar surface area (TPSA) is 56.7 Å². The van der Waals surface area contributed by atoms with E-state index in [1.165, 1.54) is 23.9 Å². The van der Waals surface area contributed by atoms with Gasteiger partial charge in [0.25, 0.3) is 0 Å². The zero-order valence-corrected chi connectivity index (χ0v) is 8.67. The van der Waals surface area contributed by atoms with E-state index in [4.69, 9.17) is 0 Å². The molecule has 1 aliphatic rings. The number of benzene rings is 1. The molecule has 1 aromatic carbocycles. The Morgan fingerprint density at radius 3 is 2.67 bits per heavy atom. The molecule has 0 spiro atoms. The number of carboxylic acids is 1. The van der Waals surface area contributed by atoms with Gasteiger partial charge in [-0.2, -0.15) is 0 Å². The van der Waals surface area contributed by atoms with Crippen molar-refractivity contribution in [2.24, 2.45) is 0 Å². The van der Waals surface area contributed by atoms with Crippen LogP contribution in [0.15, 0.2) is 24.3 Å². The van der Waals surface area contributed by atoms with Crippen molar-refractivity contribution in [2.75, 3.05) is 5.75 Å². The van der Waals surface area contributed by atoms with E-state index in [0.717, 1.165) is 5.56 Å². The monoisotopic (exact) mass is 227 g/mol. The molecule has 2 N–H and O–H groups in total. The molecule has 1 aliphatic heterocycles. The molecule has 0 aliphatic carbocycles. The van der Waals surface area contributed by atoms with Gasteiger partial charge in [0.15, 0.2) is 5.37 Å². The van der Waals surface area contributed by atoms with Crippen molar-refractivity contribution in [2.45, 2.75) is 11.4 Å². The number of halogens is 1. The molecule has 0 bridgehead atoms. The minimum atomic E-state index is -1.04. The molecular formula is C10H10FNO2S. The number of thioether (sulfide) groups is 1. The fourth-order valence-electron chi connectivity index (χ4n) is 1.54. The van der Waals surface area contributed by atoms with Crippen LogP contribution in [0.25, 0.3) is 0 Å². The Morgan fingerprint density at radius 1 is 1.47 bits per heavy atom. The van der Waals surface area contributed by atoms with E-state index in [1.807, 2.05) is 0 Å². The van der Waals surface area contributed by atoms with Gasteiger partial charge >= 0.3 is 0 Å². The van der Waals surface area contributed by atoms with Crippen molar-refractivity contribution < 1.29 is 19.6 Å². The van der Waals surface area contributed by atoms with Crippen molar-refractivity contribution in [1.29, 1.82) is 0 Å². The highest BCUT2D eigenvalue weighted by molar-refractivity contribution is 7.99. The molecule has 0 aromatic heterocycles. The maximum absolute atomic E-state index is 12.7. The van der Waals surface area contributed by atoms with Crippen LogP contribution >= 0.6 is 11.8 Å². The molecule has 1 fully saturated rings. The highest BCUT2D eigenvalue weighted by Crippen LogP contribution is 2.26. The Bertz CT molecular complexity index is 368. The number of hydrogen-bond donors (Lipinski definition) is 1. The summed E-state index contributed by atoms with van der Waals surface area (Å²) in [4.78, 5) is 10.6. The SMILES string of the molecule is O=C([O-])[C@H]1CS[C@H](c2ccc(F)cc2)[NH2+]1. The van der Waals surface area contributed by atoms with Gasteiger partial charge in [0.05, 0.1) is 5.75 Å². The molecule has 80 valence electrons. The van der Waals surface area contributed by atoms with Crippen LogP contribution in [0, 0.1) is 5.82 Å². The number of carbonyl (C=O) groups excluding carboxylic acids is 1. The average molecular weight is 227 g/mol. The van der Waals surface area contributed by atoms with Crippen molar-refractivity contribution in [3.8, 4) is 0 Å². The van der Waals surface area contributed by atoms with E-state index in [2.05, 4.69) is 0 Å². The van der Waals surface area contributed by atoms with Gasteiger partial charge in [-0.15, -0.1) is 0 Å². The smallest absolute Gasteiger partial charge is 0.159 e. The lowest BCUT2D eigenvalue weighted by atomic mass is 10.2. The predicted molar refractivity (Wildman–Crippen MR) is 52.3 cm³/mol. The van der Waals surface area contributed by atoms with Gasteiger partial charge in [0.1, 0.15) is 17.8 Å². The van der Waals surface area contributed by atoms with Crippen LogP contribution in [0.5, 0.6) is 0 Å². The van der Waals surface area contributed by atoms with E-state index >= 15 is 0 Å². The Kier molecular flexibility index (Phi) is 2.93. The van der Waals surface area contributed by atoms with E-state index in [1.54, 1.807) is 17.4 Å². The van der Waals surface area contributed by atoms with Crippen LogP contribution in [0.4, 0.5) is 4.39 Å². The first kappa shape index (κ1) is 10.4. The summed E-state index contributed by atoms with van der Waals surface area (Å²) in [6, 6.07) is 5.64. The minimum absolute atomic E-state index is 0.0356. The molecule has 1 aromatic rings. The number of quaternary nitrogens is 1. The first-order chi connectivity index (χ1) is 7.16. The molecule has 3 nitrogen and oxygen atoms in total.